The van der Waals surface area contributed by atoms with Crippen molar-refractivity contribution >= 4 is 18.0 Å². The highest BCUT2D eigenvalue weighted by Gasteiger charge is 2.44. The van der Waals surface area contributed by atoms with Gasteiger partial charge < -0.3 is 14.2 Å². The maximum atomic E-state index is 12.2. The first-order chi connectivity index (χ1) is 11.1. The summed E-state index contributed by atoms with van der Waals surface area (Å²) in [5.74, 6) is -1.60. The Balaban J connectivity index is 2.03. The molecule has 0 radical (unpaired) electrons. The Morgan fingerprint density at radius 3 is 2.35 bits per heavy atom. The molecular weight excluding hydrogens is 302 g/mol. The lowest BCUT2D eigenvalue weighted by atomic mass is 10.1. The van der Waals surface area contributed by atoms with E-state index >= 15 is 0 Å². The highest BCUT2D eigenvalue weighted by molar-refractivity contribution is 5.85. The van der Waals surface area contributed by atoms with E-state index in [1.54, 1.807) is 0 Å². The summed E-state index contributed by atoms with van der Waals surface area (Å²) < 4.78 is 14.6. The second kappa shape index (κ2) is 7.62. The first-order valence-electron chi connectivity index (χ1n) is 7.19. The quantitative estimate of drug-likeness (QED) is 0.615. The fourth-order valence-corrected chi connectivity index (χ4v) is 2.54. The molecule has 1 fully saturated rings. The van der Waals surface area contributed by atoms with E-state index < -0.39 is 30.0 Å². The lowest BCUT2D eigenvalue weighted by Gasteiger charge is -2.21. The van der Waals surface area contributed by atoms with E-state index in [-0.39, 0.29) is 19.6 Å². The van der Waals surface area contributed by atoms with Gasteiger partial charge in [0.25, 0.3) is 0 Å². The number of rotatable bonds is 4. The summed E-state index contributed by atoms with van der Waals surface area (Å²) >= 11 is 0. The number of methoxy groups -OCH3 is 2. The van der Waals surface area contributed by atoms with Crippen LogP contribution in [0.3, 0.4) is 0 Å². The standard InChI is InChI=1S/C16H19NO6/c1-21-14(18)12-8-13(15(19)22-2)17(9-12)16(20)23-10-11-6-4-3-5-7-11/h3-7,12-13H,8-10H2,1-2H3/t12-,13+/m1/s1. The number of esters is 2. The fraction of sp³-hybridized carbons (Fsp3) is 0.438. The molecule has 1 aromatic rings. The lowest BCUT2D eigenvalue weighted by molar-refractivity contribution is -0.145. The molecule has 0 unspecified atom stereocenters. The minimum Gasteiger partial charge on any atom is -0.469 e. The molecule has 1 amide bonds. The van der Waals surface area contributed by atoms with Gasteiger partial charge in [0.15, 0.2) is 0 Å². The first kappa shape index (κ1) is 16.8. The minimum atomic E-state index is -0.840. The molecule has 2 atom stereocenters. The third-order valence-electron chi connectivity index (χ3n) is 3.75. The van der Waals surface area contributed by atoms with Crippen molar-refractivity contribution in [2.75, 3.05) is 20.8 Å². The molecule has 1 aromatic carbocycles. The molecule has 0 N–H and O–H groups in total. The van der Waals surface area contributed by atoms with E-state index in [4.69, 9.17) is 9.47 Å². The summed E-state index contributed by atoms with van der Waals surface area (Å²) in [4.78, 5) is 37.0. The summed E-state index contributed by atoms with van der Waals surface area (Å²) in [5.41, 5.74) is 0.833. The van der Waals surface area contributed by atoms with E-state index in [1.807, 2.05) is 30.3 Å². The van der Waals surface area contributed by atoms with Crippen molar-refractivity contribution in [2.45, 2.75) is 19.1 Å². The minimum absolute atomic E-state index is 0.0695. The molecule has 1 aliphatic rings. The van der Waals surface area contributed by atoms with Gasteiger partial charge in [-0.2, -0.15) is 0 Å². The molecule has 0 aromatic heterocycles. The predicted molar refractivity (Wildman–Crippen MR) is 79.3 cm³/mol. The van der Waals surface area contributed by atoms with Crippen LogP contribution in [0.15, 0.2) is 30.3 Å². The highest BCUT2D eigenvalue weighted by atomic mass is 16.6. The van der Waals surface area contributed by atoms with E-state index in [9.17, 15) is 14.4 Å². The molecule has 7 heteroatoms. The van der Waals surface area contributed by atoms with E-state index in [1.165, 1.54) is 19.1 Å². The lowest BCUT2D eigenvalue weighted by Crippen LogP contribution is -2.41. The number of carbonyl (C=O) groups is 3. The summed E-state index contributed by atoms with van der Waals surface area (Å²) in [5, 5.41) is 0. The van der Waals surface area contributed by atoms with E-state index in [2.05, 4.69) is 4.74 Å². The zero-order valence-corrected chi connectivity index (χ0v) is 13.1. The first-order valence-corrected chi connectivity index (χ1v) is 7.19. The van der Waals surface area contributed by atoms with Gasteiger partial charge in [0.2, 0.25) is 0 Å². The van der Waals surface area contributed by atoms with Crippen LogP contribution >= 0.6 is 0 Å². The summed E-state index contributed by atoms with van der Waals surface area (Å²) in [7, 11) is 2.51. The Labute approximate surface area is 134 Å². The van der Waals surface area contributed by atoms with Gasteiger partial charge in [-0.25, -0.2) is 9.59 Å². The number of likely N-dealkylation sites (tertiary alicyclic amines) is 1. The Hall–Kier alpha value is -2.57. The monoisotopic (exact) mass is 321 g/mol. The number of carbonyl (C=O) groups excluding carboxylic acids is 3. The maximum absolute atomic E-state index is 12.2. The zero-order valence-electron chi connectivity index (χ0n) is 13.1. The number of hydrogen-bond acceptors (Lipinski definition) is 6. The molecule has 124 valence electrons. The van der Waals surface area contributed by atoms with Gasteiger partial charge in [0.05, 0.1) is 20.1 Å². The van der Waals surface area contributed by atoms with Crippen LogP contribution in [-0.2, 0) is 30.4 Å². The van der Waals surface area contributed by atoms with E-state index in [0.29, 0.717) is 0 Å². The average Bonchev–Trinajstić information content (AvgIpc) is 3.04. The van der Waals surface area contributed by atoms with Crippen LogP contribution in [0.4, 0.5) is 4.79 Å². The van der Waals surface area contributed by atoms with Crippen LogP contribution in [0, 0.1) is 5.92 Å². The van der Waals surface area contributed by atoms with Crippen LogP contribution in [0.2, 0.25) is 0 Å². The molecule has 0 aliphatic carbocycles. The fourth-order valence-electron chi connectivity index (χ4n) is 2.54. The summed E-state index contributed by atoms with van der Waals surface area (Å²) in [6.45, 7) is 0.160. The van der Waals surface area contributed by atoms with Crippen molar-refractivity contribution < 1.29 is 28.6 Å². The van der Waals surface area contributed by atoms with Crippen molar-refractivity contribution in [3.8, 4) is 0 Å². The van der Waals surface area contributed by atoms with Crippen LogP contribution in [-0.4, -0.2) is 49.7 Å². The van der Waals surface area contributed by atoms with Crippen molar-refractivity contribution in [1.29, 1.82) is 0 Å². The van der Waals surface area contributed by atoms with Crippen LogP contribution in [0.1, 0.15) is 12.0 Å². The maximum Gasteiger partial charge on any atom is 0.410 e. The summed E-state index contributed by atoms with van der Waals surface area (Å²) in [6.07, 6.45) is -0.490. The molecule has 2 rings (SSSR count). The van der Waals surface area contributed by atoms with Crippen molar-refractivity contribution in [3.63, 3.8) is 0 Å². The normalized spacial score (nSPS) is 20.0. The number of ether oxygens (including phenoxy) is 3. The molecule has 23 heavy (non-hydrogen) atoms. The van der Waals surface area contributed by atoms with Crippen LogP contribution in [0.5, 0.6) is 0 Å². The van der Waals surface area contributed by atoms with Crippen molar-refractivity contribution in [2.24, 2.45) is 5.92 Å². The molecule has 1 aliphatic heterocycles. The van der Waals surface area contributed by atoms with Crippen LogP contribution in [0.25, 0.3) is 0 Å². The van der Waals surface area contributed by atoms with Gasteiger partial charge in [0.1, 0.15) is 12.6 Å². The Bertz CT molecular complexity index is 573. The molecule has 0 spiro atoms. The second-order valence-electron chi connectivity index (χ2n) is 5.19. The SMILES string of the molecule is COC(=O)[C@@H]1C[C@@H](C(=O)OC)N(C(=O)OCc2ccccc2)C1. The highest BCUT2D eigenvalue weighted by Crippen LogP contribution is 2.26. The van der Waals surface area contributed by atoms with Crippen LogP contribution < -0.4 is 0 Å². The Morgan fingerprint density at radius 2 is 1.74 bits per heavy atom. The number of nitrogens with zero attached hydrogens (tertiary/aromatic N) is 1. The Kier molecular flexibility index (Phi) is 5.56. The summed E-state index contributed by atoms with van der Waals surface area (Å²) in [6, 6.07) is 8.35. The van der Waals surface area contributed by atoms with Crippen molar-refractivity contribution in [3.05, 3.63) is 35.9 Å². The van der Waals surface area contributed by atoms with Gasteiger partial charge in [-0.3, -0.25) is 9.69 Å². The Morgan fingerprint density at radius 1 is 1.09 bits per heavy atom. The molecule has 1 heterocycles. The largest absolute Gasteiger partial charge is 0.469 e. The molecule has 0 saturated carbocycles. The van der Waals surface area contributed by atoms with Gasteiger partial charge in [-0.15, -0.1) is 0 Å². The number of hydrogen-bond donors (Lipinski definition) is 0. The second-order valence-corrected chi connectivity index (χ2v) is 5.19. The van der Waals surface area contributed by atoms with E-state index in [0.717, 1.165) is 5.56 Å². The third kappa shape index (κ3) is 4.00. The molecule has 1 saturated heterocycles. The van der Waals surface area contributed by atoms with Gasteiger partial charge in [0, 0.05) is 6.54 Å². The molecule has 7 nitrogen and oxygen atoms in total. The molecular formula is C16H19NO6. The third-order valence-corrected chi connectivity index (χ3v) is 3.75. The number of amides is 1. The van der Waals surface area contributed by atoms with Gasteiger partial charge >= 0.3 is 18.0 Å². The average molecular weight is 321 g/mol. The smallest absolute Gasteiger partial charge is 0.410 e. The number of benzene rings is 1. The predicted octanol–water partition coefficient (Wildman–Crippen LogP) is 1.36. The van der Waals surface area contributed by atoms with Crippen molar-refractivity contribution in [1.82, 2.24) is 4.90 Å². The van der Waals surface area contributed by atoms with Gasteiger partial charge in [-0.05, 0) is 12.0 Å². The zero-order chi connectivity index (χ0) is 16.8. The topological polar surface area (TPSA) is 82.1 Å². The van der Waals surface area contributed by atoms with Gasteiger partial charge in [-0.1, -0.05) is 30.3 Å². The molecule has 0 bridgehead atoms.